The number of amides is 1. The summed E-state index contributed by atoms with van der Waals surface area (Å²) < 4.78 is 0. The van der Waals surface area contributed by atoms with Crippen molar-refractivity contribution in [1.82, 2.24) is 10.2 Å². The van der Waals surface area contributed by atoms with Gasteiger partial charge < -0.3 is 10.2 Å². The average molecular weight is 329 g/mol. The van der Waals surface area contributed by atoms with Gasteiger partial charge in [0.1, 0.15) is 0 Å². The first kappa shape index (κ1) is 21.5. The van der Waals surface area contributed by atoms with E-state index in [1.165, 1.54) is 0 Å². The third kappa shape index (κ3) is 11.1. The first-order chi connectivity index (χ1) is 9.98. The first-order valence-electron chi connectivity index (χ1n) is 8.13. The zero-order valence-electron chi connectivity index (χ0n) is 15.7. The quantitative estimate of drug-likeness (QED) is 0.653. The Bertz CT molecular complexity index is 342. The van der Waals surface area contributed by atoms with E-state index in [-0.39, 0.29) is 16.7 Å². The van der Waals surface area contributed by atoms with Crippen molar-refractivity contribution in [1.29, 1.82) is 0 Å². The van der Waals surface area contributed by atoms with Gasteiger partial charge in [-0.05, 0) is 23.6 Å². The summed E-state index contributed by atoms with van der Waals surface area (Å²) in [7, 11) is 1.95. The number of nitrogens with one attached hydrogen (secondary N) is 1. The van der Waals surface area contributed by atoms with Crippen LogP contribution in [0.1, 0.15) is 48.0 Å². The van der Waals surface area contributed by atoms with Gasteiger partial charge in [-0.2, -0.15) is 11.8 Å². The van der Waals surface area contributed by atoms with Crippen molar-refractivity contribution in [3.8, 4) is 0 Å². The van der Waals surface area contributed by atoms with Crippen molar-refractivity contribution in [2.45, 2.75) is 53.2 Å². The van der Waals surface area contributed by atoms with Crippen LogP contribution < -0.4 is 5.32 Å². The van der Waals surface area contributed by atoms with Gasteiger partial charge >= 0.3 is 0 Å². The second kappa shape index (κ2) is 9.61. The molecule has 0 aliphatic carbocycles. The third-order valence-electron chi connectivity index (χ3n) is 2.95. The molecule has 0 rings (SSSR count). The SMILES string of the molecule is C=CCN(CC(C)(C)C)C(=O)CC(CNC)SCC(C)(C)C. The lowest BCUT2D eigenvalue weighted by molar-refractivity contribution is -0.131. The average Bonchev–Trinajstić information content (AvgIpc) is 2.33. The molecule has 130 valence electrons. The minimum atomic E-state index is 0.107. The molecular weight excluding hydrogens is 292 g/mol. The van der Waals surface area contributed by atoms with Crippen LogP contribution in [0.3, 0.4) is 0 Å². The van der Waals surface area contributed by atoms with Gasteiger partial charge in [-0.1, -0.05) is 47.6 Å². The third-order valence-corrected chi connectivity index (χ3v) is 4.79. The van der Waals surface area contributed by atoms with Crippen molar-refractivity contribution < 1.29 is 4.79 Å². The molecule has 0 radical (unpaired) electrons. The predicted octanol–water partition coefficient (Wildman–Crippen LogP) is 3.80. The summed E-state index contributed by atoms with van der Waals surface area (Å²) in [5.74, 6) is 1.30. The molecule has 0 aliphatic heterocycles. The molecule has 4 heteroatoms. The van der Waals surface area contributed by atoms with Crippen LogP contribution in [0.5, 0.6) is 0 Å². The van der Waals surface area contributed by atoms with E-state index in [1.54, 1.807) is 0 Å². The van der Waals surface area contributed by atoms with Crippen LogP contribution in [0.2, 0.25) is 0 Å². The van der Waals surface area contributed by atoms with E-state index in [4.69, 9.17) is 0 Å². The molecule has 1 atom stereocenters. The molecule has 0 bridgehead atoms. The van der Waals surface area contributed by atoms with E-state index in [9.17, 15) is 4.79 Å². The summed E-state index contributed by atoms with van der Waals surface area (Å²) in [6.07, 6.45) is 2.41. The summed E-state index contributed by atoms with van der Waals surface area (Å²) in [6, 6.07) is 0. The number of rotatable bonds is 9. The molecule has 3 nitrogen and oxygen atoms in total. The van der Waals surface area contributed by atoms with Crippen molar-refractivity contribution in [3.63, 3.8) is 0 Å². The molecule has 0 heterocycles. The van der Waals surface area contributed by atoms with Crippen LogP contribution in [0.15, 0.2) is 12.7 Å². The minimum Gasteiger partial charge on any atom is -0.338 e. The Hall–Kier alpha value is -0.480. The highest BCUT2D eigenvalue weighted by atomic mass is 32.2. The number of nitrogens with zero attached hydrogens (tertiary/aromatic N) is 1. The van der Waals surface area contributed by atoms with Gasteiger partial charge in [-0.25, -0.2) is 0 Å². The highest BCUT2D eigenvalue weighted by Crippen LogP contribution is 2.26. The van der Waals surface area contributed by atoms with Gasteiger partial charge in [0.25, 0.3) is 0 Å². The topological polar surface area (TPSA) is 32.3 Å². The van der Waals surface area contributed by atoms with Crippen LogP contribution in [0.25, 0.3) is 0 Å². The Morgan fingerprint density at radius 2 is 1.82 bits per heavy atom. The fourth-order valence-electron chi connectivity index (χ4n) is 2.09. The van der Waals surface area contributed by atoms with E-state index in [2.05, 4.69) is 53.4 Å². The van der Waals surface area contributed by atoms with Gasteiger partial charge in [0.2, 0.25) is 5.91 Å². The van der Waals surface area contributed by atoms with Gasteiger partial charge in [-0.3, -0.25) is 4.79 Å². The standard InChI is InChI=1S/C18H36N2OS/c1-9-10-20(13-17(2,3)4)16(21)11-15(12-19-8)22-14-18(5,6)7/h9,15,19H,1,10-14H2,2-8H3. The normalized spacial score (nSPS) is 13.8. The zero-order valence-corrected chi connectivity index (χ0v) is 16.5. The molecule has 0 spiro atoms. The van der Waals surface area contributed by atoms with Crippen LogP contribution in [0.4, 0.5) is 0 Å². The molecular formula is C18H36N2OS. The highest BCUT2D eigenvalue weighted by Gasteiger charge is 2.24. The summed E-state index contributed by atoms with van der Waals surface area (Å²) in [6.45, 7) is 19.3. The van der Waals surface area contributed by atoms with Gasteiger partial charge in [0.15, 0.2) is 0 Å². The molecule has 1 N–H and O–H groups in total. The van der Waals surface area contributed by atoms with Crippen molar-refractivity contribution in [2.75, 3.05) is 32.4 Å². The lowest BCUT2D eigenvalue weighted by atomic mass is 9.96. The number of hydrogen-bond donors (Lipinski definition) is 1. The molecule has 1 unspecified atom stereocenters. The van der Waals surface area contributed by atoms with E-state index >= 15 is 0 Å². The Morgan fingerprint density at radius 1 is 1.23 bits per heavy atom. The van der Waals surface area contributed by atoms with E-state index in [0.29, 0.717) is 18.2 Å². The molecule has 0 saturated heterocycles. The zero-order chi connectivity index (χ0) is 17.4. The molecule has 0 saturated carbocycles. The first-order valence-corrected chi connectivity index (χ1v) is 9.18. The summed E-state index contributed by atoms with van der Waals surface area (Å²) in [5, 5.41) is 3.54. The number of carbonyl (C=O) groups is 1. The Morgan fingerprint density at radius 3 is 2.23 bits per heavy atom. The van der Waals surface area contributed by atoms with Crippen LogP contribution in [0, 0.1) is 10.8 Å². The molecule has 0 aromatic heterocycles. The number of carbonyl (C=O) groups excluding carboxylic acids is 1. The predicted molar refractivity (Wildman–Crippen MR) is 100 cm³/mol. The lowest BCUT2D eigenvalue weighted by Crippen LogP contribution is -2.40. The summed E-state index contributed by atoms with van der Waals surface area (Å²) in [4.78, 5) is 14.6. The molecule has 0 aromatic carbocycles. The van der Waals surface area contributed by atoms with E-state index < -0.39 is 0 Å². The van der Waals surface area contributed by atoms with Crippen molar-refractivity contribution >= 4 is 17.7 Å². The second-order valence-electron chi connectivity index (χ2n) is 8.38. The Balaban J connectivity index is 4.70. The molecule has 22 heavy (non-hydrogen) atoms. The minimum absolute atomic E-state index is 0.107. The maximum Gasteiger partial charge on any atom is 0.224 e. The number of hydrogen-bond acceptors (Lipinski definition) is 3. The number of thioether (sulfide) groups is 1. The maximum absolute atomic E-state index is 12.7. The summed E-state index contributed by atoms with van der Waals surface area (Å²) >= 11 is 1.90. The fourth-order valence-corrected chi connectivity index (χ4v) is 3.37. The van der Waals surface area contributed by atoms with E-state index in [0.717, 1.165) is 18.8 Å². The largest absolute Gasteiger partial charge is 0.338 e. The Labute approximate surface area is 142 Å². The van der Waals surface area contributed by atoms with Crippen LogP contribution in [-0.2, 0) is 4.79 Å². The van der Waals surface area contributed by atoms with E-state index in [1.807, 2.05) is 29.8 Å². The van der Waals surface area contributed by atoms with Crippen LogP contribution in [-0.4, -0.2) is 48.5 Å². The van der Waals surface area contributed by atoms with Crippen molar-refractivity contribution in [2.24, 2.45) is 10.8 Å². The maximum atomic E-state index is 12.7. The fraction of sp³-hybridized carbons (Fsp3) is 0.833. The molecule has 1 amide bonds. The molecule has 0 aliphatic rings. The highest BCUT2D eigenvalue weighted by molar-refractivity contribution is 8.00. The van der Waals surface area contributed by atoms with Crippen molar-refractivity contribution in [3.05, 3.63) is 12.7 Å². The van der Waals surface area contributed by atoms with Crippen LogP contribution >= 0.6 is 11.8 Å². The van der Waals surface area contributed by atoms with Gasteiger partial charge in [-0.15, -0.1) is 6.58 Å². The summed E-state index contributed by atoms with van der Waals surface area (Å²) in [5.41, 5.74) is 0.391. The lowest BCUT2D eigenvalue weighted by Gasteiger charge is -2.31. The van der Waals surface area contributed by atoms with Gasteiger partial charge in [0, 0.05) is 31.3 Å². The molecule has 0 aromatic rings. The molecule has 0 fully saturated rings. The smallest absolute Gasteiger partial charge is 0.224 e. The van der Waals surface area contributed by atoms with Gasteiger partial charge in [0.05, 0.1) is 0 Å². The Kier molecular flexibility index (Phi) is 9.40. The second-order valence-corrected chi connectivity index (χ2v) is 9.67. The monoisotopic (exact) mass is 328 g/mol.